The van der Waals surface area contributed by atoms with Crippen LogP contribution < -0.4 is 9.64 Å². The van der Waals surface area contributed by atoms with Gasteiger partial charge in [-0.3, -0.25) is 14.4 Å². The molecule has 5 atom stereocenters. The van der Waals surface area contributed by atoms with Gasteiger partial charge in [-0.15, -0.1) is 6.58 Å². The van der Waals surface area contributed by atoms with Gasteiger partial charge in [0.05, 0.1) is 25.2 Å². The van der Waals surface area contributed by atoms with Gasteiger partial charge in [-0.05, 0) is 70.2 Å². The number of amides is 2. The number of anilines is 1. The number of aliphatic hydroxyl groups excluding tert-OH is 1. The van der Waals surface area contributed by atoms with E-state index in [4.69, 9.17) is 14.2 Å². The number of hydrogen-bond donors (Lipinski definition) is 1. The Morgan fingerprint density at radius 2 is 1.97 bits per heavy atom. The summed E-state index contributed by atoms with van der Waals surface area (Å²) in [7, 11) is 1.58. The van der Waals surface area contributed by atoms with Crippen molar-refractivity contribution in [3.05, 3.63) is 36.9 Å². The number of aliphatic hydroxyl groups is 1. The largest absolute Gasteiger partial charge is 0.497 e. The first-order valence-corrected chi connectivity index (χ1v) is 13.1. The quantitative estimate of drug-likeness (QED) is 0.260. The number of benzene rings is 1. The summed E-state index contributed by atoms with van der Waals surface area (Å²) >= 11 is 0. The molecule has 1 N–H and O–H groups in total. The van der Waals surface area contributed by atoms with E-state index in [1.165, 1.54) is 0 Å². The summed E-state index contributed by atoms with van der Waals surface area (Å²) in [6, 6.07) is 6.27. The van der Waals surface area contributed by atoms with Crippen LogP contribution in [0.5, 0.6) is 5.75 Å². The van der Waals surface area contributed by atoms with E-state index >= 15 is 0 Å². The van der Waals surface area contributed by atoms with Gasteiger partial charge in [-0.1, -0.05) is 6.08 Å². The number of rotatable bonds is 12. The molecule has 2 bridgehead atoms. The molecule has 9 nitrogen and oxygen atoms in total. The maximum atomic E-state index is 14.4. The van der Waals surface area contributed by atoms with Gasteiger partial charge >= 0.3 is 5.97 Å². The Kier molecular flexibility index (Phi) is 7.94. The molecule has 1 aromatic rings. The molecule has 2 amide bonds. The van der Waals surface area contributed by atoms with Gasteiger partial charge in [0, 0.05) is 25.4 Å². The van der Waals surface area contributed by atoms with Crippen LogP contribution in [0, 0.1) is 11.8 Å². The van der Waals surface area contributed by atoms with Gasteiger partial charge in [-0.2, -0.15) is 0 Å². The molecule has 3 saturated heterocycles. The molecule has 0 aliphatic carbocycles. The van der Waals surface area contributed by atoms with E-state index in [2.05, 4.69) is 6.58 Å². The number of methoxy groups -OCH3 is 1. The number of unbranched alkanes of at least 4 members (excludes halogenated alkanes) is 2. The number of fused-ring (bicyclic) bond motifs is 1. The highest BCUT2D eigenvalue weighted by atomic mass is 16.6. The number of carbonyl (C=O) groups is 3. The van der Waals surface area contributed by atoms with E-state index in [1.807, 2.05) is 6.92 Å². The Morgan fingerprint density at radius 1 is 1.24 bits per heavy atom. The Balaban J connectivity index is 1.74. The summed E-state index contributed by atoms with van der Waals surface area (Å²) in [6.45, 7) is 8.29. The molecule has 1 spiro atoms. The van der Waals surface area contributed by atoms with Gasteiger partial charge in [0.25, 0.3) is 5.91 Å². The third-order valence-corrected chi connectivity index (χ3v) is 8.07. The minimum Gasteiger partial charge on any atom is -0.497 e. The number of ether oxygens (including phenoxy) is 3. The van der Waals surface area contributed by atoms with Crippen molar-refractivity contribution in [1.82, 2.24) is 4.90 Å². The maximum absolute atomic E-state index is 14.4. The van der Waals surface area contributed by atoms with Gasteiger partial charge in [0.1, 0.15) is 23.3 Å². The summed E-state index contributed by atoms with van der Waals surface area (Å²) < 4.78 is 17.3. The lowest BCUT2D eigenvalue weighted by atomic mass is 9.66. The number of likely N-dealkylation sites (tertiary alicyclic amines) is 1. The third-order valence-electron chi connectivity index (χ3n) is 8.07. The summed E-state index contributed by atoms with van der Waals surface area (Å²) in [5.41, 5.74) is -1.32. The third kappa shape index (κ3) is 4.52. The second-order valence-electron chi connectivity index (χ2n) is 10.2. The van der Waals surface area contributed by atoms with Gasteiger partial charge in [0.15, 0.2) is 0 Å². The van der Waals surface area contributed by atoms with Crippen LogP contribution in [-0.4, -0.2) is 78.4 Å². The number of carbonyl (C=O) groups excluding carboxylic acids is 3. The first-order chi connectivity index (χ1) is 17.8. The summed E-state index contributed by atoms with van der Waals surface area (Å²) in [5, 5.41) is 9.21. The molecule has 0 aromatic heterocycles. The minimum atomic E-state index is -1.11. The van der Waals surface area contributed by atoms with Gasteiger partial charge in [0.2, 0.25) is 5.91 Å². The van der Waals surface area contributed by atoms with Gasteiger partial charge in [-0.25, -0.2) is 0 Å². The normalized spacial score (nSPS) is 29.8. The number of nitrogens with zero attached hydrogens (tertiary/aromatic N) is 2. The van der Waals surface area contributed by atoms with Crippen molar-refractivity contribution in [2.45, 2.75) is 63.2 Å². The molecule has 0 saturated carbocycles. The average molecular weight is 515 g/mol. The van der Waals surface area contributed by atoms with Gasteiger partial charge < -0.3 is 29.1 Å². The fourth-order valence-electron chi connectivity index (χ4n) is 6.47. The lowest BCUT2D eigenvalue weighted by Gasteiger charge is -2.37. The number of esters is 1. The highest BCUT2D eigenvalue weighted by Gasteiger charge is 2.78. The van der Waals surface area contributed by atoms with Crippen LogP contribution in [0.1, 0.15) is 46.0 Å². The molecular weight excluding hydrogens is 476 g/mol. The Labute approximate surface area is 218 Å². The molecule has 0 radical (unpaired) electrons. The lowest BCUT2D eigenvalue weighted by Crippen LogP contribution is -2.56. The van der Waals surface area contributed by atoms with E-state index in [0.29, 0.717) is 50.1 Å². The molecule has 9 heteroatoms. The van der Waals surface area contributed by atoms with Crippen molar-refractivity contribution in [3.8, 4) is 5.75 Å². The number of hydrogen-bond acceptors (Lipinski definition) is 7. The topological polar surface area (TPSA) is 106 Å². The van der Waals surface area contributed by atoms with Crippen LogP contribution >= 0.6 is 0 Å². The molecule has 1 aromatic carbocycles. The fraction of sp³-hybridized carbons (Fsp3) is 0.607. The monoisotopic (exact) mass is 514 g/mol. The fourth-order valence-corrected chi connectivity index (χ4v) is 6.47. The summed E-state index contributed by atoms with van der Waals surface area (Å²) in [5.74, 6) is -1.83. The molecule has 3 aliphatic heterocycles. The van der Waals surface area contributed by atoms with Crippen molar-refractivity contribution in [2.24, 2.45) is 11.8 Å². The van der Waals surface area contributed by atoms with Crippen LogP contribution in [-0.2, 0) is 23.9 Å². The highest BCUT2D eigenvalue weighted by molar-refractivity contribution is 6.04. The Morgan fingerprint density at radius 3 is 2.59 bits per heavy atom. The summed E-state index contributed by atoms with van der Waals surface area (Å²) in [6.07, 6.45) is 4.67. The molecule has 202 valence electrons. The van der Waals surface area contributed by atoms with Crippen molar-refractivity contribution in [2.75, 3.05) is 38.3 Å². The molecule has 37 heavy (non-hydrogen) atoms. The van der Waals surface area contributed by atoms with E-state index in [-0.39, 0.29) is 31.6 Å². The predicted octanol–water partition coefficient (Wildman–Crippen LogP) is 2.70. The van der Waals surface area contributed by atoms with Crippen molar-refractivity contribution in [1.29, 1.82) is 0 Å². The van der Waals surface area contributed by atoms with Crippen LogP contribution in [0.3, 0.4) is 0 Å². The molecule has 3 heterocycles. The average Bonchev–Trinajstić information content (AvgIpc) is 3.46. The van der Waals surface area contributed by atoms with Crippen LogP contribution in [0.15, 0.2) is 36.9 Å². The predicted molar refractivity (Wildman–Crippen MR) is 137 cm³/mol. The molecule has 4 rings (SSSR count). The highest BCUT2D eigenvalue weighted by Crippen LogP contribution is 2.63. The van der Waals surface area contributed by atoms with Crippen LogP contribution in [0.25, 0.3) is 0 Å². The smallest absolute Gasteiger partial charge is 0.312 e. The van der Waals surface area contributed by atoms with E-state index in [1.54, 1.807) is 54.2 Å². The Hall–Kier alpha value is -2.91. The molecule has 3 fully saturated rings. The SMILES string of the molecule is C=CCN(C(=O)C1N(CCCCCO)C(=O)[C@@H]2[C@@H](C(=O)OCC)[C@@]3(C)CCC12O3)c1ccc(OC)cc1. The molecule has 3 aliphatic rings. The van der Waals surface area contributed by atoms with Crippen LogP contribution in [0.2, 0.25) is 0 Å². The van der Waals surface area contributed by atoms with E-state index in [0.717, 1.165) is 0 Å². The maximum Gasteiger partial charge on any atom is 0.312 e. The van der Waals surface area contributed by atoms with Crippen molar-refractivity contribution >= 4 is 23.5 Å². The zero-order valence-electron chi connectivity index (χ0n) is 22.0. The first kappa shape index (κ1) is 27.1. The van der Waals surface area contributed by atoms with Crippen molar-refractivity contribution < 1.29 is 33.7 Å². The van der Waals surface area contributed by atoms with Crippen LogP contribution in [0.4, 0.5) is 5.69 Å². The second-order valence-corrected chi connectivity index (χ2v) is 10.2. The Bertz CT molecular complexity index is 1030. The van der Waals surface area contributed by atoms with E-state index in [9.17, 15) is 19.5 Å². The minimum absolute atomic E-state index is 0.0693. The zero-order valence-corrected chi connectivity index (χ0v) is 22.0. The standard InChI is InChI=1S/C28H38N2O7/c1-5-16-29(19-10-12-20(35-4)13-11-19)25(33)23-28-15-14-27(3,37-28)22(26(34)36-6-2)21(28)24(32)30(23)17-8-7-9-18-31/h5,10-13,21-23,31H,1,6-9,14-18H2,2-4H3/t21-,22-,23?,27+,28?/m0/s1. The lowest BCUT2D eigenvalue weighted by molar-refractivity contribution is -0.159. The molecular formula is C28H38N2O7. The summed E-state index contributed by atoms with van der Waals surface area (Å²) in [4.78, 5) is 44.7. The zero-order chi connectivity index (χ0) is 26.8. The van der Waals surface area contributed by atoms with Crippen molar-refractivity contribution in [3.63, 3.8) is 0 Å². The van der Waals surface area contributed by atoms with E-state index < -0.39 is 35.0 Å². The molecule has 2 unspecified atom stereocenters. The second kappa shape index (κ2) is 10.8. The first-order valence-electron chi connectivity index (χ1n) is 13.1.